The molecule has 0 aliphatic carbocycles. The van der Waals surface area contributed by atoms with E-state index in [1.165, 1.54) is 7.05 Å². The maximum absolute atomic E-state index is 12.0. The van der Waals surface area contributed by atoms with Crippen molar-refractivity contribution in [2.45, 2.75) is 19.1 Å². The van der Waals surface area contributed by atoms with Crippen LogP contribution < -0.4 is 11.1 Å². The van der Waals surface area contributed by atoms with Gasteiger partial charge in [-0.05, 0) is 13.6 Å². The van der Waals surface area contributed by atoms with Gasteiger partial charge >= 0.3 is 6.18 Å². The van der Waals surface area contributed by atoms with E-state index >= 15 is 0 Å². The molecule has 0 aromatic heterocycles. The summed E-state index contributed by atoms with van der Waals surface area (Å²) in [4.78, 5) is 11.9. The highest BCUT2D eigenvalue weighted by Crippen LogP contribution is 2.15. The number of likely N-dealkylation sites (N-methyl/N-ethyl adjacent to an activating group) is 2. The van der Waals surface area contributed by atoms with Gasteiger partial charge in [0.05, 0.1) is 12.6 Å². The van der Waals surface area contributed by atoms with Gasteiger partial charge in [0.2, 0.25) is 5.91 Å². The third-order valence-corrected chi connectivity index (χ3v) is 1.74. The summed E-state index contributed by atoms with van der Waals surface area (Å²) in [6.07, 6.45) is -4.26. The molecule has 1 amide bonds. The standard InChI is InChI=1S/C8H16F3N3O/c1-3-13-6(7(12)15)4-14(2)5-8(9,10)11/h6,13H,3-5H2,1-2H3,(H2,12,15). The predicted octanol–water partition coefficient (Wildman–Crippen LogP) is -0.0561. The molecule has 0 rings (SSSR count). The lowest BCUT2D eigenvalue weighted by Gasteiger charge is -2.23. The minimum absolute atomic E-state index is 0.0529. The third-order valence-electron chi connectivity index (χ3n) is 1.74. The normalized spacial score (nSPS) is 14.3. The summed E-state index contributed by atoms with van der Waals surface area (Å²) in [7, 11) is 1.29. The van der Waals surface area contributed by atoms with Crippen LogP contribution in [0, 0.1) is 0 Å². The fraction of sp³-hybridized carbons (Fsp3) is 0.875. The first-order valence-corrected chi connectivity index (χ1v) is 4.54. The minimum atomic E-state index is -4.26. The van der Waals surface area contributed by atoms with Crippen LogP contribution in [0.3, 0.4) is 0 Å². The van der Waals surface area contributed by atoms with Crippen molar-refractivity contribution in [1.29, 1.82) is 0 Å². The summed E-state index contributed by atoms with van der Waals surface area (Å²) >= 11 is 0. The SMILES string of the molecule is CCNC(CN(C)CC(F)(F)F)C(N)=O. The number of alkyl halides is 3. The third kappa shape index (κ3) is 7.15. The van der Waals surface area contributed by atoms with Gasteiger partial charge in [-0.1, -0.05) is 6.92 Å². The molecule has 0 bridgehead atoms. The molecule has 0 aromatic carbocycles. The van der Waals surface area contributed by atoms with Gasteiger partial charge in [0.1, 0.15) is 0 Å². The Morgan fingerprint density at radius 2 is 2.07 bits per heavy atom. The van der Waals surface area contributed by atoms with Gasteiger partial charge in [-0.15, -0.1) is 0 Å². The molecular formula is C8H16F3N3O. The number of nitrogens with one attached hydrogen (secondary N) is 1. The first kappa shape index (κ1) is 14.2. The first-order valence-electron chi connectivity index (χ1n) is 4.54. The number of nitrogens with two attached hydrogens (primary N) is 1. The zero-order valence-electron chi connectivity index (χ0n) is 8.77. The molecule has 4 nitrogen and oxygen atoms in total. The van der Waals surface area contributed by atoms with Crippen molar-refractivity contribution in [1.82, 2.24) is 10.2 Å². The number of rotatable bonds is 6. The molecule has 90 valence electrons. The molecule has 0 radical (unpaired) electrons. The number of primary amides is 1. The summed E-state index contributed by atoms with van der Waals surface area (Å²) in [5.74, 6) is -0.647. The maximum Gasteiger partial charge on any atom is 0.401 e. The summed E-state index contributed by atoms with van der Waals surface area (Å²) in [5, 5.41) is 2.72. The average molecular weight is 227 g/mol. The molecule has 0 fully saturated rings. The number of carbonyl (C=O) groups is 1. The van der Waals surface area contributed by atoms with Crippen LogP contribution >= 0.6 is 0 Å². The van der Waals surface area contributed by atoms with Gasteiger partial charge in [-0.2, -0.15) is 13.2 Å². The monoisotopic (exact) mass is 227 g/mol. The molecule has 1 unspecified atom stereocenters. The maximum atomic E-state index is 12.0. The quantitative estimate of drug-likeness (QED) is 0.668. The fourth-order valence-electron chi connectivity index (χ4n) is 1.18. The minimum Gasteiger partial charge on any atom is -0.368 e. The average Bonchev–Trinajstić information content (AvgIpc) is 1.99. The molecule has 0 aromatic rings. The van der Waals surface area contributed by atoms with E-state index in [0.717, 1.165) is 4.90 Å². The topological polar surface area (TPSA) is 58.4 Å². The molecule has 15 heavy (non-hydrogen) atoms. The predicted molar refractivity (Wildman–Crippen MR) is 50.2 cm³/mol. The number of nitrogens with zero attached hydrogens (tertiary/aromatic N) is 1. The van der Waals surface area contributed by atoms with Crippen LogP contribution in [-0.2, 0) is 4.79 Å². The molecule has 7 heteroatoms. The Morgan fingerprint density at radius 1 is 1.53 bits per heavy atom. The van der Waals surface area contributed by atoms with E-state index in [1.54, 1.807) is 6.92 Å². The Morgan fingerprint density at radius 3 is 2.40 bits per heavy atom. The van der Waals surface area contributed by atoms with Gasteiger partial charge in [-0.3, -0.25) is 9.69 Å². The Labute approximate surface area is 86.6 Å². The Kier molecular flexibility index (Phi) is 5.59. The van der Waals surface area contributed by atoms with E-state index in [1.807, 2.05) is 0 Å². The van der Waals surface area contributed by atoms with Crippen molar-refractivity contribution in [2.75, 3.05) is 26.7 Å². The van der Waals surface area contributed by atoms with E-state index in [9.17, 15) is 18.0 Å². The van der Waals surface area contributed by atoms with Crippen LogP contribution in [0.25, 0.3) is 0 Å². The summed E-state index contributed by atoms with van der Waals surface area (Å²) in [6, 6.07) is -0.748. The lowest BCUT2D eigenvalue weighted by molar-refractivity contribution is -0.145. The molecule has 0 aliphatic heterocycles. The Bertz CT molecular complexity index is 208. The second kappa shape index (κ2) is 5.92. The fourth-order valence-corrected chi connectivity index (χ4v) is 1.18. The smallest absolute Gasteiger partial charge is 0.368 e. The number of hydrogen-bond donors (Lipinski definition) is 2. The van der Waals surface area contributed by atoms with Crippen LogP contribution in [0.1, 0.15) is 6.92 Å². The summed E-state index contributed by atoms with van der Waals surface area (Å²) < 4.78 is 35.9. The molecule has 0 saturated carbocycles. The zero-order chi connectivity index (χ0) is 12.1. The lowest BCUT2D eigenvalue weighted by atomic mass is 10.2. The summed E-state index contributed by atoms with van der Waals surface area (Å²) in [6.45, 7) is 1.12. The van der Waals surface area contributed by atoms with Gasteiger partial charge in [0.15, 0.2) is 0 Å². The van der Waals surface area contributed by atoms with Crippen molar-refractivity contribution in [3.05, 3.63) is 0 Å². The molecular weight excluding hydrogens is 211 g/mol. The Balaban J connectivity index is 4.11. The van der Waals surface area contributed by atoms with E-state index in [-0.39, 0.29) is 6.54 Å². The highest BCUT2D eigenvalue weighted by molar-refractivity contribution is 5.80. The number of hydrogen-bond acceptors (Lipinski definition) is 3. The molecule has 0 spiro atoms. The summed E-state index contributed by atoms with van der Waals surface area (Å²) in [5.41, 5.74) is 5.03. The Hall–Kier alpha value is -0.820. The van der Waals surface area contributed by atoms with Crippen molar-refractivity contribution >= 4 is 5.91 Å². The van der Waals surface area contributed by atoms with Crippen molar-refractivity contribution in [3.63, 3.8) is 0 Å². The zero-order valence-corrected chi connectivity index (χ0v) is 8.77. The number of carbonyl (C=O) groups excluding carboxylic acids is 1. The molecule has 0 saturated heterocycles. The van der Waals surface area contributed by atoms with E-state index < -0.39 is 24.7 Å². The van der Waals surface area contributed by atoms with Crippen LogP contribution in [0.2, 0.25) is 0 Å². The molecule has 0 heterocycles. The van der Waals surface area contributed by atoms with Crippen molar-refractivity contribution in [3.8, 4) is 0 Å². The van der Waals surface area contributed by atoms with E-state index in [2.05, 4.69) is 5.32 Å². The lowest BCUT2D eigenvalue weighted by Crippen LogP contribution is -2.49. The highest BCUT2D eigenvalue weighted by atomic mass is 19.4. The number of amides is 1. The second-order valence-corrected chi connectivity index (χ2v) is 3.32. The largest absolute Gasteiger partial charge is 0.401 e. The van der Waals surface area contributed by atoms with Gasteiger partial charge in [0.25, 0.3) is 0 Å². The van der Waals surface area contributed by atoms with Crippen molar-refractivity contribution in [2.24, 2.45) is 5.73 Å². The van der Waals surface area contributed by atoms with Crippen LogP contribution in [0.4, 0.5) is 13.2 Å². The van der Waals surface area contributed by atoms with Crippen LogP contribution in [0.5, 0.6) is 0 Å². The first-order chi connectivity index (χ1) is 6.76. The number of halogens is 3. The van der Waals surface area contributed by atoms with E-state index in [4.69, 9.17) is 5.73 Å². The van der Waals surface area contributed by atoms with Crippen LogP contribution in [0.15, 0.2) is 0 Å². The van der Waals surface area contributed by atoms with Gasteiger partial charge in [0, 0.05) is 6.54 Å². The highest BCUT2D eigenvalue weighted by Gasteiger charge is 2.30. The molecule has 3 N–H and O–H groups in total. The van der Waals surface area contributed by atoms with Crippen molar-refractivity contribution < 1.29 is 18.0 Å². The van der Waals surface area contributed by atoms with Gasteiger partial charge in [-0.25, -0.2) is 0 Å². The molecule has 1 atom stereocenters. The van der Waals surface area contributed by atoms with Crippen LogP contribution in [-0.4, -0.2) is 49.7 Å². The molecule has 0 aliphatic rings. The van der Waals surface area contributed by atoms with E-state index in [0.29, 0.717) is 6.54 Å². The van der Waals surface area contributed by atoms with Gasteiger partial charge < -0.3 is 11.1 Å². The second-order valence-electron chi connectivity index (χ2n) is 3.32.